The molecule has 4 amide bonds. The maximum absolute atomic E-state index is 12.5. The van der Waals surface area contributed by atoms with E-state index in [0.29, 0.717) is 11.4 Å². The van der Waals surface area contributed by atoms with Gasteiger partial charge < -0.3 is 19.7 Å². The number of imide groups is 1. The van der Waals surface area contributed by atoms with Gasteiger partial charge in [0.1, 0.15) is 5.75 Å². The Hall–Kier alpha value is -3.10. The Kier molecular flexibility index (Phi) is 6.36. The predicted octanol–water partition coefficient (Wildman–Crippen LogP) is 1.50. The Bertz CT molecular complexity index is 805. The Balaban J connectivity index is 1.55. The molecule has 1 aliphatic carbocycles. The van der Waals surface area contributed by atoms with Gasteiger partial charge in [-0.3, -0.25) is 14.9 Å². The van der Waals surface area contributed by atoms with Crippen LogP contribution in [-0.2, 0) is 19.1 Å². The van der Waals surface area contributed by atoms with Crippen LogP contribution in [0.15, 0.2) is 24.3 Å². The number of rotatable bonds is 4. The van der Waals surface area contributed by atoms with E-state index in [1.54, 1.807) is 24.3 Å². The van der Waals surface area contributed by atoms with Gasteiger partial charge in [0.15, 0.2) is 6.10 Å². The predicted molar refractivity (Wildman–Crippen MR) is 103 cm³/mol. The number of carbonyl (C=O) groups excluding carboxylic acids is 4. The molecule has 2 aliphatic rings. The van der Waals surface area contributed by atoms with Gasteiger partial charge in [0.25, 0.3) is 5.91 Å². The number of ether oxygens (including phenoxy) is 2. The summed E-state index contributed by atoms with van der Waals surface area (Å²) >= 11 is 0. The van der Waals surface area contributed by atoms with E-state index in [2.05, 4.69) is 10.6 Å². The van der Waals surface area contributed by atoms with Crippen LogP contribution in [0.25, 0.3) is 0 Å². The number of hydrogen-bond acceptors (Lipinski definition) is 6. The first-order valence-electron chi connectivity index (χ1n) is 9.71. The number of carbonyl (C=O) groups is 4. The molecular formula is C20H25N3O6. The molecule has 0 unspecified atom stereocenters. The van der Waals surface area contributed by atoms with Crippen LogP contribution >= 0.6 is 0 Å². The molecule has 0 saturated heterocycles. The van der Waals surface area contributed by atoms with E-state index >= 15 is 0 Å². The van der Waals surface area contributed by atoms with Gasteiger partial charge in [0, 0.05) is 13.0 Å². The average Bonchev–Trinajstić information content (AvgIpc) is 3.19. The van der Waals surface area contributed by atoms with Crippen LogP contribution in [0, 0.1) is 0 Å². The van der Waals surface area contributed by atoms with Crippen LogP contribution in [0.5, 0.6) is 5.75 Å². The van der Waals surface area contributed by atoms with E-state index in [0.717, 1.165) is 25.7 Å². The molecule has 3 rings (SSSR count). The molecule has 29 heavy (non-hydrogen) atoms. The number of urea groups is 1. The zero-order valence-corrected chi connectivity index (χ0v) is 16.5. The van der Waals surface area contributed by atoms with Crippen molar-refractivity contribution < 1.29 is 28.7 Å². The van der Waals surface area contributed by atoms with Gasteiger partial charge in [-0.1, -0.05) is 25.0 Å². The van der Waals surface area contributed by atoms with E-state index in [4.69, 9.17) is 9.47 Å². The highest BCUT2D eigenvalue weighted by molar-refractivity contribution is 5.98. The maximum atomic E-state index is 12.5. The molecular weight excluding hydrogens is 378 g/mol. The van der Waals surface area contributed by atoms with Crippen molar-refractivity contribution >= 4 is 29.5 Å². The van der Waals surface area contributed by atoms with Crippen molar-refractivity contribution in [3.63, 3.8) is 0 Å². The number of nitrogens with one attached hydrogen (secondary N) is 2. The van der Waals surface area contributed by atoms with Crippen molar-refractivity contribution in [1.29, 1.82) is 0 Å². The van der Waals surface area contributed by atoms with Crippen LogP contribution in [0.2, 0.25) is 0 Å². The molecule has 2 atom stereocenters. The second kappa shape index (κ2) is 8.93. The SMILES string of the molecule is CC(=O)N1C[C@@H](C(=O)O[C@H](C)C(=O)NC(=O)NC2CCCC2)Oc2ccccc21. The molecule has 0 aromatic heterocycles. The third-order valence-electron chi connectivity index (χ3n) is 5.01. The van der Waals surface area contributed by atoms with Crippen molar-refractivity contribution in [1.82, 2.24) is 10.6 Å². The Morgan fingerprint density at radius 2 is 1.86 bits per heavy atom. The summed E-state index contributed by atoms with van der Waals surface area (Å²) in [6.45, 7) is 2.74. The zero-order chi connectivity index (χ0) is 21.0. The molecule has 2 N–H and O–H groups in total. The van der Waals surface area contributed by atoms with Crippen molar-refractivity contribution in [3.05, 3.63) is 24.3 Å². The van der Waals surface area contributed by atoms with Gasteiger partial charge in [0.05, 0.1) is 12.2 Å². The molecule has 156 valence electrons. The fourth-order valence-electron chi connectivity index (χ4n) is 3.46. The largest absolute Gasteiger partial charge is 0.475 e. The minimum Gasteiger partial charge on any atom is -0.475 e. The van der Waals surface area contributed by atoms with Crippen LogP contribution in [0.4, 0.5) is 10.5 Å². The highest BCUT2D eigenvalue weighted by atomic mass is 16.6. The molecule has 1 saturated carbocycles. The van der Waals surface area contributed by atoms with Gasteiger partial charge in [-0.2, -0.15) is 0 Å². The number of benzene rings is 1. The normalized spacial score (nSPS) is 19.5. The minimum absolute atomic E-state index is 0.0261. The van der Waals surface area contributed by atoms with E-state index in [-0.39, 0.29) is 18.5 Å². The summed E-state index contributed by atoms with van der Waals surface area (Å²) in [5.74, 6) is -1.38. The first-order chi connectivity index (χ1) is 13.8. The second-order valence-corrected chi connectivity index (χ2v) is 7.23. The number of para-hydroxylation sites is 2. The number of anilines is 1. The van der Waals surface area contributed by atoms with Crippen molar-refractivity contribution in [3.8, 4) is 5.75 Å². The third-order valence-corrected chi connectivity index (χ3v) is 5.01. The quantitative estimate of drug-likeness (QED) is 0.737. The Labute approximate surface area is 168 Å². The summed E-state index contributed by atoms with van der Waals surface area (Å²) in [5, 5.41) is 4.92. The topological polar surface area (TPSA) is 114 Å². The van der Waals surface area contributed by atoms with Crippen molar-refractivity contribution in [2.45, 2.75) is 57.8 Å². The van der Waals surface area contributed by atoms with Gasteiger partial charge in [-0.05, 0) is 31.9 Å². The summed E-state index contributed by atoms with van der Waals surface area (Å²) in [4.78, 5) is 49.9. The van der Waals surface area contributed by atoms with Crippen LogP contribution < -0.4 is 20.3 Å². The molecule has 1 aromatic carbocycles. The summed E-state index contributed by atoms with van der Waals surface area (Å²) in [5.41, 5.74) is 0.568. The standard InChI is InChI=1S/C20H25N3O6/c1-12(18(25)22-20(27)21-14-7-3-4-8-14)28-19(26)17-11-23(13(2)24)15-9-5-6-10-16(15)29-17/h5-6,9-10,12,14,17H,3-4,7-8,11H2,1-2H3,(H2,21,22,25,27)/t12-,17+/m1/s1. The number of amides is 4. The average molecular weight is 403 g/mol. The van der Waals surface area contributed by atoms with Crippen LogP contribution in [0.3, 0.4) is 0 Å². The van der Waals surface area contributed by atoms with Crippen LogP contribution in [0.1, 0.15) is 39.5 Å². The number of hydrogen-bond donors (Lipinski definition) is 2. The lowest BCUT2D eigenvalue weighted by molar-refractivity contribution is -0.161. The highest BCUT2D eigenvalue weighted by Crippen LogP contribution is 2.33. The summed E-state index contributed by atoms with van der Waals surface area (Å²) in [7, 11) is 0. The zero-order valence-electron chi connectivity index (χ0n) is 16.5. The fourth-order valence-corrected chi connectivity index (χ4v) is 3.46. The number of nitrogens with zero attached hydrogens (tertiary/aromatic N) is 1. The Morgan fingerprint density at radius 3 is 2.55 bits per heavy atom. The van der Waals surface area contributed by atoms with E-state index < -0.39 is 30.1 Å². The molecule has 1 aromatic rings. The smallest absolute Gasteiger partial charge is 0.350 e. The van der Waals surface area contributed by atoms with E-state index in [9.17, 15) is 19.2 Å². The lowest BCUT2D eigenvalue weighted by atomic mass is 10.2. The van der Waals surface area contributed by atoms with Gasteiger partial charge in [-0.15, -0.1) is 0 Å². The molecule has 1 fully saturated rings. The second-order valence-electron chi connectivity index (χ2n) is 7.23. The van der Waals surface area contributed by atoms with Gasteiger partial charge in [-0.25, -0.2) is 9.59 Å². The summed E-state index contributed by atoms with van der Waals surface area (Å²) < 4.78 is 10.8. The number of esters is 1. The minimum atomic E-state index is -1.19. The lowest BCUT2D eigenvalue weighted by Gasteiger charge is -2.33. The van der Waals surface area contributed by atoms with Crippen molar-refractivity contribution in [2.24, 2.45) is 0 Å². The fraction of sp³-hybridized carbons (Fsp3) is 0.500. The summed E-state index contributed by atoms with van der Waals surface area (Å²) in [6.07, 6.45) is 1.61. The Morgan fingerprint density at radius 1 is 1.17 bits per heavy atom. The molecule has 0 spiro atoms. The van der Waals surface area contributed by atoms with Gasteiger partial charge in [0.2, 0.25) is 12.0 Å². The molecule has 1 heterocycles. The number of fused-ring (bicyclic) bond motifs is 1. The monoisotopic (exact) mass is 403 g/mol. The molecule has 0 bridgehead atoms. The van der Waals surface area contributed by atoms with Gasteiger partial charge >= 0.3 is 12.0 Å². The molecule has 9 heteroatoms. The maximum Gasteiger partial charge on any atom is 0.350 e. The molecule has 9 nitrogen and oxygen atoms in total. The molecule has 0 radical (unpaired) electrons. The lowest BCUT2D eigenvalue weighted by Crippen LogP contribution is -2.50. The van der Waals surface area contributed by atoms with E-state index in [1.807, 2.05) is 0 Å². The first kappa shape index (κ1) is 20.6. The first-order valence-corrected chi connectivity index (χ1v) is 9.71. The van der Waals surface area contributed by atoms with Crippen LogP contribution in [-0.4, -0.2) is 48.6 Å². The van der Waals surface area contributed by atoms with Crippen molar-refractivity contribution in [2.75, 3.05) is 11.4 Å². The highest BCUT2D eigenvalue weighted by Gasteiger charge is 2.35. The molecule has 1 aliphatic heterocycles. The van der Waals surface area contributed by atoms with E-state index in [1.165, 1.54) is 18.7 Å². The third kappa shape index (κ3) is 5.04. The summed E-state index contributed by atoms with van der Waals surface area (Å²) in [6, 6.07) is 6.32.